The maximum atomic E-state index is 5.01. The predicted molar refractivity (Wildman–Crippen MR) is 64.6 cm³/mol. The topological polar surface area (TPSA) is 55.2 Å². The Hall–Kier alpha value is -0.980. The second kappa shape index (κ2) is 6.09. The van der Waals surface area contributed by atoms with E-state index in [0.29, 0.717) is 6.04 Å². The van der Waals surface area contributed by atoms with Crippen LogP contribution in [0.4, 0.5) is 0 Å². The number of ether oxygens (including phenoxy) is 1. The van der Waals surface area contributed by atoms with Gasteiger partial charge in [-0.2, -0.15) is 0 Å². The molecule has 0 amide bonds. The van der Waals surface area contributed by atoms with Gasteiger partial charge in [0.15, 0.2) is 0 Å². The third kappa shape index (κ3) is 3.24. The van der Waals surface area contributed by atoms with E-state index in [1.165, 1.54) is 0 Å². The van der Waals surface area contributed by atoms with E-state index in [1.807, 2.05) is 6.33 Å². The van der Waals surface area contributed by atoms with Crippen molar-refractivity contribution in [2.24, 2.45) is 0 Å². The lowest BCUT2D eigenvalue weighted by Gasteiger charge is -2.32. The molecule has 0 radical (unpaired) electrons. The van der Waals surface area contributed by atoms with E-state index in [-0.39, 0.29) is 0 Å². The van der Waals surface area contributed by atoms with Gasteiger partial charge in [0.05, 0.1) is 13.2 Å². The highest BCUT2D eigenvalue weighted by molar-refractivity contribution is 4.91. The molecule has 2 heterocycles. The predicted octanol–water partition coefficient (Wildman–Crippen LogP) is -0.282. The highest BCUT2D eigenvalue weighted by atomic mass is 16.5. The molecule has 0 aliphatic carbocycles. The molecule has 1 atom stereocenters. The van der Waals surface area contributed by atoms with Gasteiger partial charge < -0.3 is 14.6 Å². The summed E-state index contributed by atoms with van der Waals surface area (Å²) in [4.78, 5) is 2.43. The van der Waals surface area contributed by atoms with Crippen molar-refractivity contribution < 1.29 is 4.74 Å². The van der Waals surface area contributed by atoms with Crippen LogP contribution in [0.15, 0.2) is 6.33 Å². The van der Waals surface area contributed by atoms with Crippen LogP contribution in [0.25, 0.3) is 0 Å². The quantitative estimate of drug-likeness (QED) is 0.692. The number of hydrogen-bond donors (Lipinski definition) is 1. The molecule has 1 aliphatic heterocycles. The van der Waals surface area contributed by atoms with Crippen molar-refractivity contribution in [1.29, 1.82) is 0 Å². The van der Waals surface area contributed by atoms with Gasteiger partial charge in [-0.05, 0) is 6.92 Å². The first-order valence-corrected chi connectivity index (χ1v) is 6.11. The van der Waals surface area contributed by atoms with Crippen LogP contribution in [0.2, 0.25) is 0 Å². The van der Waals surface area contributed by atoms with Crippen molar-refractivity contribution in [2.45, 2.75) is 26.1 Å². The molecule has 0 saturated heterocycles. The minimum absolute atomic E-state index is 0.511. The van der Waals surface area contributed by atoms with Crippen molar-refractivity contribution in [3.05, 3.63) is 12.2 Å². The Labute approximate surface area is 102 Å². The molecule has 0 spiro atoms. The number of aromatic nitrogens is 3. The number of hydrogen-bond acceptors (Lipinski definition) is 5. The Bertz CT molecular complexity index is 340. The van der Waals surface area contributed by atoms with Crippen molar-refractivity contribution >= 4 is 0 Å². The number of methoxy groups -OCH3 is 1. The maximum absolute atomic E-state index is 5.01. The van der Waals surface area contributed by atoms with Gasteiger partial charge in [-0.25, -0.2) is 0 Å². The average Bonchev–Trinajstić information content (AvgIpc) is 2.81. The van der Waals surface area contributed by atoms with Crippen molar-refractivity contribution in [2.75, 3.05) is 33.4 Å². The summed E-state index contributed by atoms with van der Waals surface area (Å²) < 4.78 is 7.13. The van der Waals surface area contributed by atoms with E-state index in [9.17, 15) is 0 Å². The summed E-state index contributed by atoms with van der Waals surface area (Å²) >= 11 is 0. The summed E-state index contributed by atoms with van der Waals surface area (Å²) in [7, 11) is 1.72. The summed E-state index contributed by atoms with van der Waals surface area (Å²) in [5, 5.41) is 11.5. The monoisotopic (exact) mass is 239 g/mol. The van der Waals surface area contributed by atoms with Crippen molar-refractivity contribution in [3.8, 4) is 0 Å². The van der Waals surface area contributed by atoms with E-state index in [0.717, 1.165) is 45.2 Å². The lowest BCUT2D eigenvalue weighted by molar-refractivity contribution is 0.153. The van der Waals surface area contributed by atoms with Gasteiger partial charge in [0.2, 0.25) is 0 Å². The standard InChI is InChI=1S/C11H21N5O/c1-10(7-12-3-6-17-2)15-4-5-16-9-13-14-11(16)8-15/h9-10,12H,3-8H2,1-2H3. The van der Waals surface area contributed by atoms with Crippen molar-refractivity contribution in [3.63, 3.8) is 0 Å². The molecule has 6 nitrogen and oxygen atoms in total. The van der Waals surface area contributed by atoms with E-state index in [2.05, 4.69) is 31.9 Å². The van der Waals surface area contributed by atoms with E-state index < -0.39 is 0 Å². The third-order valence-electron chi connectivity index (χ3n) is 3.21. The molecule has 1 aromatic rings. The Morgan fingerprint density at radius 2 is 2.41 bits per heavy atom. The molecule has 0 saturated carbocycles. The molecule has 1 aromatic heterocycles. The summed E-state index contributed by atoms with van der Waals surface area (Å²) in [6, 6.07) is 0.511. The average molecular weight is 239 g/mol. The molecular weight excluding hydrogens is 218 g/mol. The SMILES string of the molecule is COCCNCC(C)N1CCn2cnnc2C1. The van der Waals surface area contributed by atoms with Gasteiger partial charge in [0, 0.05) is 39.3 Å². The summed E-state index contributed by atoms with van der Waals surface area (Å²) in [5.41, 5.74) is 0. The van der Waals surface area contributed by atoms with Gasteiger partial charge >= 0.3 is 0 Å². The van der Waals surface area contributed by atoms with Crippen LogP contribution in [0.3, 0.4) is 0 Å². The number of rotatable bonds is 6. The van der Waals surface area contributed by atoms with E-state index >= 15 is 0 Å². The minimum atomic E-state index is 0.511. The van der Waals surface area contributed by atoms with Gasteiger partial charge in [0.1, 0.15) is 12.2 Å². The first-order chi connectivity index (χ1) is 8.31. The third-order valence-corrected chi connectivity index (χ3v) is 3.21. The van der Waals surface area contributed by atoms with Gasteiger partial charge in [-0.3, -0.25) is 4.90 Å². The Morgan fingerprint density at radius 3 is 3.24 bits per heavy atom. The van der Waals surface area contributed by atoms with Crippen LogP contribution < -0.4 is 5.32 Å². The van der Waals surface area contributed by atoms with E-state index in [1.54, 1.807) is 7.11 Å². The molecule has 0 aromatic carbocycles. The fraction of sp³-hybridized carbons (Fsp3) is 0.818. The van der Waals surface area contributed by atoms with Crippen LogP contribution in [-0.2, 0) is 17.8 Å². The van der Waals surface area contributed by atoms with Gasteiger partial charge in [0.25, 0.3) is 0 Å². The summed E-state index contributed by atoms with van der Waals surface area (Å²) in [6.07, 6.45) is 1.81. The first-order valence-electron chi connectivity index (χ1n) is 6.11. The van der Waals surface area contributed by atoms with Crippen LogP contribution in [0.1, 0.15) is 12.7 Å². The van der Waals surface area contributed by atoms with Crippen LogP contribution in [0, 0.1) is 0 Å². The fourth-order valence-electron chi connectivity index (χ4n) is 2.08. The Balaban J connectivity index is 1.76. The normalized spacial score (nSPS) is 18.0. The summed E-state index contributed by atoms with van der Waals surface area (Å²) in [6.45, 7) is 7.85. The second-order valence-electron chi connectivity index (χ2n) is 4.46. The Morgan fingerprint density at radius 1 is 1.53 bits per heavy atom. The zero-order valence-electron chi connectivity index (χ0n) is 10.6. The van der Waals surface area contributed by atoms with Crippen LogP contribution in [-0.4, -0.2) is 59.1 Å². The highest BCUT2D eigenvalue weighted by Gasteiger charge is 2.21. The Kier molecular flexibility index (Phi) is 4.47. The lowest BCUT2D eigenvalue weighted by atomic mass is 10.2. The zero-order chi connectivity index (χ0) is 12.1. The molecule has 6 heteroatoms. The second-order valence-corrected chi connectivity index (χ2v) is 4.46. The maximum Gasteiger partial charge on any atom is 0.147 e. The molecule has 96 valence electrons. The zero-order valence-corrected chi connectivity index (χ0v) is 10.6. The largest absolute Gasteiger partial charge is 0.383 e. The first kappa shape index (κ1) is 12.5. The minimum Gasteiger partial charge on any atom is -0.383 e. The molecule has 1 aliphatic rings. The summed E-state index contributed by atoms with van der Waals surface area (Å²) in [5.74, 6) is 1.07. The number of nitrogens with zero attached hydrogens (tertiary/aromatic N) is 4. The van der Waals surface area contributed by atoms with Crippen LogP contribution in [0.5, 0.6) is 0 Å². The smallest absolute Gasteiger partial charge is 0.147 e. The lowest BCUT2D eigenvalue weighted by Crippen LogP contribution is -2.44. The number of fused-ring (bicyclic) bond motifs is 1. The molecule has 17 heavy (non-hydrogen) atoms. The molecule has 0 bridgehead atoms. The molecular formula is C11H21N5O. The fourth-order valence-corrected chi connectivity index (χ4v) is 2.08. The highest BCUT2D eigenvalue weighted by Crippen LogP contribution is 2.11. The number of nitrogens with one attached hydrogen (secondary N) is 1. The van der Waals surface area contributed by atoms with Crippen LogP contribution >= 0.6 is 0 Å². The van der Waals surface area contributed by atoms with E-state index in [4.69, 9.17) is 4.74 Å². The molecule has 2 rings (SSSR count). The molecule has 1 unspecified atom stereocenters. The molecule has 1 N–H and O–H groups in total. The van der Waals surface area contributed by atoms with Gasteiger partial charge in [-0.15, -0.1) is 10.2 Å². The molecule has 0 fully saturated rings. The van der Waals surface area contributed by atoms with Gasteiger partial charge in [-0.1, -0.05) is 0 Å². The van der Waals surface area contributed by atoms with Crippen molar-refractivity contribution in [1.82, 2.24) is 25.0 Å².